The Labute approximate surface area is 101 Å². The van der Waals surface area contributed by atoms with E-state index in [9.17, 15) is 9.59 Å². The van der Waals surface area contributed by atoms with Gasteiger partial charge in [-0.2, -0.15) is 0 Å². The molecule has 0 heterocycles. The van der Waals surface area contributed by atoms with Gasteiger partial charge in [-0.1, -0.05) is 6.42 Å². The number of urea groups is 1. The lowest BCUT2D eigenvalue weighted by Gasteiger charge is -2.37. The summed E-state index contributed by atoms with van der Waals surface area (Å²) in [6.07, 6.45) is 3.09. The van der Waals surface area contributed by atoms with Gasteiger partial charge in [0, 0.05) is 13.1 Å². The number of carbonyl (C=O) groups is 2. The van der Waals surface area contributed by atoms with Crippen LogP contribution in [0, 0.1) is 5.41 Å². The molecule has 0 aromatic carbocycles. The third kappa shape index (κ3) is 3.89. The first-order valence-electron chi connectivity index (χ1n) is 6.00. The maximum Gasteiger partial charge on any atom is 0.314 e. The minimum Gasteiger partial charge on any atom is -0.481 e. The Balaban J connectivity index is 2.16. The van der Waals surface area contributed by atoms with Crippen LogP contribution in [0.3, 0.4) is 0 Å². The van der Waals surface area contributed by atoms with Crippen molar-refractivity contribution in [2.24, 2.45) is 5.41 Å². The molecule has 6 heteroatoms. The van der Waals surface area contributed by atoms with Gasteiger partial charge in [-0.25, -0.2) is 4.79 Å². The van der Waals surface area contributed by atoms with Crippen LogP contribution in [0.2, 0.25) is 0 Å². The summed E-state index contributed by atoms with van der Waals surface area (Å²) in [7, 11) is 1.85. The molecule has 0 saturated heterocycles. The molecule has 0 radical (unpaired) electrons. The molecule has 0 aliphatic heterocycles. The van der Waals surface area contributed by atoms with Crippen molar-refractivity contribution >= 4 is 12.0 Å². The highest BCUT2D eigenvalue weighted by Gasteiger charge is 2.44. The van der Waals surface area contributed by atoms with Crippen LogP contribution in [0.4, 0.5) is 4.79 Å². The lowest BCUT2D eigenvalue weighted by molar-refractivity contribution is -0.153. The predicted molar refractivity (Wildman–Crippen MR) is 63.9 cm³/mol. The third-order valence-electron chi connectivity index (χ3n) is 3.24. The van der Waals surface area contributed by atoms with E-state index in [1.807, 2.05) is 7.05 Å². The van der Waals surface area contributed by atoms with Gasteiger partial charge in [0.15, 0.2) is 0 Å². The van der Waals surface area contributed by atoms with Crippen LogP contribution in [-0.4, -0.2) is 43.8 Å². The first-order valence-corrected chi connectivity index (χ1v) is 6.00. The van der Waals surface area contributed by atoms with Crippen molar-refractivity contribution in [2.75, 3.05) is 26.7 Å². The second-order valence-electron chi connectivity index (χ2n) is 4.51. The van der Waals surface area contributed by atoms with Gasteiger partial charge in [0.05, 0.1) is 5.41 Å². The fourth-order valence-corrected chi connectivity index (χ4v) is 1.85. The average Bonchev–Trinajstić information content (AvgIpc) is 2.22. The summed E-state index contributed by atoms with van der Waals surface area (Å²) >= 11 is 0. The van der Waals surface area contributed by atoms with Gasteiger partial charge in [0.2, 0.25) is 0 Å². The Morgan fingerprint density at radius 1 is 1.24 bits per heavy atom. The van der Waals surface area contributed by atoms with Crippen molar-refractivity contribution in [3.63, 3.8) is 0 Å². The molecule has 1 aliphatic carbocycles. The van der Waals surface area contributed by atoms with Crippen LogP contribution in [0.25, 0.3) is 0 Å². The molecule has 2 amide bonds. The van der Waals surface area contributed by atoms with Crippen molar-refractivity contribution < 1.29 is 14.7 Å². The number of nitrogens with one attached hydrogen (secondary N) is 3. The minimum absolute atomic E-state index is 0.222. The standard InChI is InChI=1S/C11H21N3O3/c1-12-6-3-7-13-10(17)14-8-11(9(15)16)4-2-5-11/h12H,2-8H2,1H3,(H,15,16)(H2,13,14,17). The number of carbonyl (C=O) groups excluding carboxylic acids is 1. The third-order valence-corrected chi connectivity index (χ3v) is 3.24. The maximum absolute atomic E-state index is 11.4. The Morgan fingerprint density at radius 3 is 2.41 bits per heavy atom. The molecule has 0 atom stereocenters. The Hall–Kier alpha value is -1.30. The normalized spacial score (nSPS) is 17.0. The van der Waals surface area contributed by atoms with E-state index in [4.69, 9.17) is 5.11 Å². The molecule has 4 N–H and O–H groups in total. The summed E-state index contributed by atoms with van der Waals surface area (Å²) in [4.78, 5) is 22.4. The molecular weight excluding hydrogens is 222 g/mol. The molecular formula is C11H21N3O3. The lowest BCUT2D eigenvalue weighted by Crippen LogP contribution is -2.49. The molecule has 0 bridgehead atoms. The van der Waals surface area contributed by atoms with Gasteiger partial charge in [0.25, 0.3) is 0 Å². The number of carboxylic acid groups (broad SMARTS) is 1. The number of rotatable bonds is 7. The molecule has 98 valence electrons. The zero-order valence-electron chi connectivity index (χ0n) is 10.2. The highest BCUT2D eigenvalue weighted by Crippen LogP contribution is 2.40. The van der Waals surface area contributed by atoms with Crippen LogP contribution in [0.15, 0.2) is 0 Å². The number of carboxylic acids is 1. The van der Waals surface area contributed by atoms with Crippen molar-refractivity contribution in [3.05, 3.63) is 0 Å². The first-order chi connectivity index (χ1) is 8.10. The summed E-state index contributed by atoms with van der Waals surface area (Å²) < 4.78 is 0. The molecule has 0 spiro atoms. The molecule has 1 aliphatic rings. The van der Waals surface area contributed by atoms with Crippen LogP contribution in [0.5, 0.6) is 0 Å². The highest BCUT2D eigenvalue weighted by molar-refractivity contribution is 5.78. The van der Waals surface area contributed by atoms with Gasteiger partial charge in [0.1, 0.15) is 0 Å². The van der Waals surface area contributed by atoms with Crippen LogP contribution in [0.1, 0.15) is 25.7 Å². The van der Waals surface area contributed by atoms with Crippen LogP contribution in [-0.2, 0) is 4.79 Å². The van der Waals surface area contributed by atoms with Gasteiger partial charge < -0.3 is 21.1 Å². The fourth-order valence-electron chi connectivity index (χ4n) is 1.85. The maximum atomic E-state index is 11.4. The van der Waals surface area contributed by atoms with E-state index in [-0.39, 0.29) is 12.6 Å². The largest absolute Gasteiger partial charge is 0.481 e. The first kappa shape index (κ1) is 13.8. The predicted octanol–water partition coefficient (Wildman–Crippen LogP) is 0.150. The van der Waals surface area contributed by atoms with Crippen LogP contribution < -0.4 is 16.0 Å². The topological polar surface area (TPSA) is 90.5 Å². The SMILES string of the molecule is CNCCCNC(=O)NCC1(C(=O)O)CCC1. The summed E-state index contributed by atoms with van der Waals surface area (Å²) in [5, 5.41) is 17.4. The van der Waals surface area contributed by atoms with Crippen molar-refractivity contribution in [2.45, 2.75) is 25.7 Å². The summed E-state index contributed by atoms with van der Waals surface area (Å²) in [5.41, 5.74) is -0.720. The molecule has 1 saturated carbocycles. The van der Waals surface area contributed by atoms with Gasteiger partial charge >= 0.3 is 12.0 Å². The minimum atomic E-state index is -0.806. The van der Waals surface area contributed by atoms with E-state index < -0.39 is 11.4 Å². The Kier molecular flexibility index (Phi) is 5.21. The molecule has 1 fully saturated rings. The number of aliphatic carboxylic acids is 1. The Bertz CT molecular complexity index is 277. The number of hydrogen-bond donors (Lipinski definition) is 4. The molecule has 0 aromatic rings. The molecule has 6 nitrogen and oxygen atoms in total. The number of amides is 2. The summed E-state index contributed by atoms with van der Waals surface area (Å²) in [6, 6.07) is -0.284. The zero-order chi connectivity index (χ0) is 12.7. The van der Waals surface area contributed by atoms with E-state index in [2.05, 4.69) is 16.0 Å². The van der Waals surface area contributed by atoms with E-state index in [0.29, 0.717) is 19.4 Å². The Morgan fingerprint density at radius 2 is 1.94 bits per heavy atom. The average molecular weight is 243 g/mol. The van der Waals surface area contributed by atoms with E-state index in [1.165, 1.54) is 0 Å². The van der Waals surface area contributed by atoms with Crippen molar-refractivity contribution in [3.8, 4) is 0 Å². The summed E-state index contributed by atoms with van der Waals surface area (Å²) in [5.74, 6) is -0.806. The van der Waals surface area contributed by atoms with Crippen molar-refractivity contribution in [1.82, 2.24) is 16.0 Å². The highest BCUT2D eigenvalue weighted by atomic mass is 16.4. The van der Waals surface area contributed by atoms with E-state index in [0.717, 1.165) is 19.4 Å². The molecule has 1 rings (SSSR count). The molecule has 0 unspecified atom stereocenters. The van der Waals surface area contributed by atoms with Gasteiger partial charge in [-0.05, 0) is 32.9 Å². The summed E-state index contributed by atoms with van der Waals surface area (Å²) in [6.45, 7) is 1.66. The van der Waals surface area contributed by atoms with Gasteiger partial charge in [-0.3, -0.25) is 4.79 Å². The number of hydrogen-bond acceptors (Lipinski definition) is 3. The van der Waals surface area contributed by atoms with E-state index in [1.54, 1.807) is 0 Å². The molecule has 17 heavy (non-hydrogen) atoms. The van der Waals surface area contributed by atoms with Crippen molar-refractivity contribution in [1.29, 1.82) is 0 Å². The quantitative estimate of drug-likeness (QED) is 0.479. The zero-order valence-corrected chi connectivity index (χ0v) is 10.2. The monoisotopic (exact) mass is 243 g/mol. The lowest BCUT2D eigenvalue weighted by atomic mass is 9.69. The van der Waals surface area contributed by atoms with Crippen LogP contribution >= 0.6 is 0 Å². The fraction of sp³-hybridized carbons (Fsp3) is 0.818. The van der Waals surface area contributed by atoms with E-state index >= 15 is 0 Å². The second kappa shape index (κ2) is 6.44. The van der Waals surface area contributed by atoms with Gasteiger partial charge in [-0.15, -0.1) is 0 Å². The second-order valence-corrected chi connectivity index (χ2v) is 4.51. The smallest absolute Gasteiger partial charge is 0.314 e. The molecule has 0 aromatic heterocycles.